The summed E-state index contributed by atoms with van der Waals surface area (Å²) in [5.74, 6) is -2.50. The van der Waals surface area contributed by atoms with Crippen LogP contribution in [0.1, 0.15) is 19.3 Å². The molecule has 0 rings (SSSR count). The highest BCUT2D eigenvalue weighted by molar-refractivity contribution is 5.82. The van der Waals surface area contributed by atoms with Gasteiger partial charge in [-0.15, -0.1) is 0 Å². The molecule has 0 aromatic carbocycles. The van der Waals surface area contributed by atoms with Crippen LogP contribution in [0.4, 0.5) is 13.6 Å². The van der Waals surface area contributed by atoms with Crippen LogP contribution in [-0.4, -0.2) is 70.4 Å². The van der Waals surface area contributed by atoms with E-state index >= 15 is 0 Å². The number of carboxylic acid groups (broad SMARTS) is 2. The number of halogens is 2. The van der Waals surface area contributed by atoms with Gasteiger partial charge in [-0.2, -0.15) is 0 Å². The molecule has 0 aromatic heterocycles. The molecule has 0 unspecified atom stereocenters. The zero-order chi connectivity index (χ0) is 16.4. The summed E-state index contributed by atoms with van der Waals surface area (Å²) in [5.41, 5.74) is 0. The molecule has 8 nitrogen and oxygen atoms in total. The summed E-state index contributed by atoms with van der Waals surface area (Å²) >= 11 is 0. The number of carboxylic acids is 2. The fourth-order valence-corrected chi connectivity index (χ4v) is 1.52. The van der Waals surface area contributed by atoms with Gasteiger partial charge < -0.3 is 25.5 Å². The van der Waals surface area contributed by atoms with Crippen molar-refractivity contribution in [3.05, 3.63) is 0 Å². The van der Waals surface area contributed by atoms with Crippen LogP contribution in [0, 0.1) is 0 Å². The van der Waals surface area contributed by atoms with E-state index in [1.807, 2.05) is 5.32 Å². The minimum Gasteiger partial charge on any atom is -0.481 e. The highest BCUT2D eigenvalue weighted by atomic mass is 19.3. The molecule has 21 heavy (non-hydrogen) atoms. The first-order valence-corrected chi connectivity index (χ1v) is 6.17. The lowest BCUT2D eigenvalue weighted by molar-refractivity contribution is -0.140. The standard InChI is InChI=1S/C11H18F2N2O6/c12-8(13)6-15(4-5-16)11(21)14-7(10(19)20)2-1-3-9(17)18/h7-8,16H,1-6H2,(H,14,21)(H,17,18)(H,19,20)/t7-/m1/s1. The highest BCUT2D eigenvalue weighted by Crippen LogP contribution is 2.04. The molecule has 0 aliphatic carbocycles. The number of aliphatic carboxylic acids is 2. The summed E-state index contributed by atoms with van der Waals surface area (Å²) in [6.07, 6.45) is -3.22. The number of amides is 2. The van der Waals surface area contributed by atoms with Gasteiger partial charge in [0.25, 0.3) is 6.43 Å². The number of aliphatic hydroxyl groups excluding tert-OH is 1. The predicted octanol–water partition coefficient (Wildman–Crippen LogP) is -0.0365. The van der Waals surface area contributed by atoms with Crippen LogP contribution in [-0.2, 0) is 9.59 Å². The Morgan fingerprint density at radius 3 is 2.24 bits per heavy atom. The van der Waals surface area contributed by atoms with Gasteiger partial charge in [-0.3, -0.25) is 4.79 Å². The molecule has 0 heterocycles. The van der Waals surface area contributed by atoms with Gasteiger partial charge in [0.1, 0.15) is 6.04 Å². The second-order valence-corrected chi connectivity index (χ2v) is 4.19. The average Bonchev–Trinajstić information content (AvgIpc) is 2.35. The van der Waals surface area contributed by atoms with Crippen molar-refractivity contribution in [2.75, 3.05) is 19.7 Å². The average molecular weight is 312 g/mol. The SMILES string of the molecule is O=C(O)CCC[C@@H](NC(=O)N(CCO)CC(F)F)C(=O)O. The van der Waals surface area contributed by atoms with Gasteiger partial charge in [-0.25, -0.2) is 18.4 Å². The lowest BCUT2D eigenvalue weighted by Crippen LogP contribution is -2.50. The molecule has 4 N–H and O–H groups in total. The first-order chi connectivity index (χ1) is 9.77. The molecular formula is C11H18F2N2O6. The molecule has 0 aliphatic heterocycles. The second kappa shape index (κ2) is 9.86. The van der Waals surface area contributed by atoms with Gasteiger partial charge in [-0.05, 0) is 12.8 Å². The van der Waals surface area contributed by atoms with Gasteiger partial charge in [0.15, 0.2) is 0 Å². The molecule has 0 saturated carbocycles. The monoisotopic (exact) mass is 312 g/mol. The molecule has 0 radical (unpaired) electrons. The third-order valence-electron chi connectivity index (χ3n) is 2.49. The summed E-state index contributed by atoms with van der Waals surface area (Å²) in [4.78, 5) is 33.5. The Morgan fingerprint density at radius 2 is 1.81 bits per heavy atom. The molecule has 122 valence electrons. The number of urea groups is 1. The zero-order valence-corrected chi connectivity index (χ0v) is 11.2. The number of rotatable bonds is 10. The maximum Gasteiger partial charge on any atom is 0.326 e. The van der Waals surface area contributed by atoms with Gasteiger partial charge in [0, 0.05) is 13.0 Å². The quantitative estimate of drug-likeness (QED) is 0.448. The molecule has 0 spiro atoms. The number of nitrogens with one attached hydrogen (secondary N) is 1. The number of carbonyl (C=O) groups is 3. The van der Waals surface area contributed by atoms with Crippen molar-refractivity contribution in [3.63, 3.8) is 0 Å². The Bertz CT molecular complexity index is 367. The van der Waals surface area contributed by atoms with E-state index in [2.05, 4.69) is 0 Å². The lowest BCUT2D eigenvalue weighted by atomic mass is 10.1. The van der Waals surface area contributed by atoms with Crippen molar-refractivity contribution >= 4 is 18.0 Å². The zero-order valence-electron chi connectivity index (χ0n) is 11.2. The Kier molecular flexibility index (Phi) is 8.93. The number of nitrogens with zero attached hydrogens (tertiary/aromatic N) is 1. The van der Waals surface area contributed by atoms with Crippen molar-refractivity contribution in [1.82, 2.24) is 10.2 Å². The van der Waals surface area contributed by atoms with Crippen LogP contribution in [0.3, 0.4) is 0 Å². The third kappa shape index (κ3) is 8.74. The molecule has 2 amide bonds. The van der Waals surface area contributed by atoms with Crippen LogP contribution in [0.25, 0.3) is 0 Å². The van der Waals surface area contributed by atoms with E-state index in [9.17, 15) is 23.2 Å². The summed E-state index contributed by atoms with van der Waals surface area (Å²) < 4.78 is 24.5. The Morgan fingerprint density at radius 1 is 1.19 bits per heavy atom. The topological polar surface area (TPSA) is 127 Å². The van der Waals surface area contributed by atoms with Crippen LogP contribution in [0.2, 0.25) is 0 Å². The molecule has 10 heteroatoms. The Hall–Kier alpha value is -1.97. The fraction of sp³-hybridized carbons (Fsp3) is 0.727. The largest absolute Gasteiger partial charge is 0.481 e. The molecule has 1 atom stereocenters. The van der Waals surface area contributed by atoms with E-state index in [1.54, 1.807) is 0 Å². The van der Waals surface area contributed by atoms with Gasteiger partial charge in [0.2, 0.25) is 0 Å². The summed E-state index contributed by atoms with van der Waals surface area (Å²) in [6, 6.07) is -2.43. The minimum atomic E-state index is -2.82. The molecule has 0 bridgehead atoms. The van der Waals surface area contributed by atoms with Crippen molar-refractivity contribution in [2.24, 2.45) is 0 Å². The number of hydrogen-bond donors (Lipinski definition) is 4. The number of alkyl halides is 2. The van der Waals surface area contributed by atoms with Crippen LogP contribution in [0.5, 0.6) is 0 Å². The highest BCUT2D eigenvalue weighted by Gasteiger charge is 2.24. The smallest absolute Gasteiger partial charge is 0.326 e. The van der Waals surface area contributed by atoms with Crippen LogP contribution < -0.4 is 5.32 Å². The molecule has 0 aromatic rings. The number of hydrogen-bond acceptors (Lipinski definition) is 4. The van der Waals surface area contributed by atoms with E-state index in [-0.39, 0.29) is 25.8 Å². The van der Waals surface area contributed by atoms with E-state index in [0.717, 1.165) is 0 Å². The van der Waals surface area contributed by atoms with Crippen molar-refractivity contribution in [3.8, 4) is 0 Å². The first kappa shape index (κ1) is 19.0. The fourth-order valence-electron chi connectivity index (χ4n) is 1.52. The molecular weight excluding hydrogens is 294 g/mol. The lowest BCUT2D eigenvalue weighted by Gasteiger charge is -2.24. The van der Waals surface area contributed by atoms with E-state index < -0.39 is 43.6 Å². The number of aliphatic hydroxyl groups is 1. The molecule has 0 fully saturated rings. The van der Waals surface area contributed by atoms with Crippen LogP contribution in [0.15, 0.2) is 0 Å². The summed E-state index contributed by atoms with van der Waals surface area (Å²) in [5, 5.41) is 28.1. The van der Waals surface area contributed by atoms with Crippen LogP contribution >= 0.6 is 0 Å². The van der Waals surface area contributed by atoms with E-state index in [1.165, 1.54) is 0 Å². The van der Waals surface area contributed by atoms with Crippen molar-refractivity contribution in [2.45, 2.75) is 31.7 Å². The Balaban J connectivity index is 4.54. The molecule has 0 saturated heterocycles. The normalized spacial score (nSPS) is 12.0. The predicted molar refractivity (Wildman–Crippen MR) is 66.1 cm³/mol. The van der Waals surface area contributed by atoms with Crippen molar-refractivity contribution in [1.29, 1.82) is 0 Å². The Labute approximate surface area is 119 Å². The minimum absolute atomic E-state index is 0.0153. The van der Waals surface area contributed by atoms with Gasteiger partial charge in [0.05, 0.1) is 13.2 Å². The van der Waals surface area contributed by atoms with Gasteiger partial charge in [-0.1, -0.05) is 0 Å². The second-order valence-electron chi connectivity index (χ2n) is 4.19. The maximum atomic E-state index is 12.3. The van der Waals surface area contributed by atoms with E-state index in [4.69, 9.17) is 15.3 Å². The maximum absolute atomic E-state index is 12.3. The van der Waals surface area contributed by atoms with Crippen molar-refractivity contribution < 1.29 is 38.5 Å². The summed E-state index contributed by atoms with van der Waals surface area (Å²) in [7, 11) is 0. The van der Waals surface area contributed by atoms with Gasteiger partial charge >= 0.3 is 18.0 Å². The first-order valence-electron chi connectivity index (χ1n) is 6.17. The summed E-state index contributed by atoms with van der Waals surface area (Å²) in [6.45, 7) is -1.84. The van der Waals surface area contributed by atoms with E-state index in [0.29, 0.717) is 4.90 Å². The third-order valence-corrected chi connectivity index (χ3v) is 2.49. The number of carbonyl (C=O) groups excluding carboxylic acids is 1. The molecule has 0 aliphatic rings.